The van der Waals surface area contributed by atoms with Gasteiger partial charge in [0.2, 0.25) is 12.0 Å². The molecular weight excluding hydrogens is 364 g/mol. The topological polar surface area (TPSA) is 59.0 Å². The minimum atomic E-state index is -0.922. The molecule has 0 spiro atoms. The summed E-state index contributed by atoms with van der Waals surface area (Å²) in [6.45, 7) is 0. The minimum absolute atomic E-state index is 0.327. The normalized spacial score (nSPS) is 21.4. The number of amides is 2. The summed E-state index contributed by atoms with van der Waals surface area (Å²) >= 11 is 5.93. The first kappa shape index (κ1) is 16.0. The number of nitrogens with zero attached hydrogens (tertiary/aromatic N) is 2. The number of carbonyl (C=O) groups is 2. The predicted molar refractivity (Wildman–Crippen MR) is 103 cm³/mol. The molecule has 2 atom stereocenters. The van der Waals surface area contributed by atoms with E-state index in [0.29, 0.717) is 22.0 Å². The van der Waals surface area contributed by atoms with Crippen LogP contribution in [-0.2, 0) is 14.4 Å². The molecule has 3 aromatic rings. The number of benzene rings is 3. The lowest BCUT2D eigenvalue weighted by Crippen LogP contribution is -2.33. The van der Waals surface area contributed by atoms with Gasteiger partial charge in [-0.1, -0.05) is 59.2 Å². The molecule has 2 heterocycles. The number of hydrogen-bond donors (Lipinski definition) is 0. The largest absolute Gasteiger partial charge is 0.381 e. The van der Waals surface area contributed by atoms with E-state index in [4.69, 9.17) is 16.4 Å². The van der Waals surface area contributed by atoms with Gasteiger partial charge in [0, 0.05) is 10.6 Å². The van der Waals surface area contributed by atoms with Gasteiger partial charge in [0.05, 0.1) is 5.69 Å². The maximum absolute atomic E-state index is 13.1. The fourth-order valence-corrected chi connectivity index (χ4v) is 3.73. The number of hydrogen-bond acceptors (Lipinski definition) is 4. The van der Waals surface area contributed by atoms with Crippen molar-refractivity contribution in [2.24, 2.45) is 11.1 Å². The van der Waals surface area contributed by atoms with Crippen LogP contribution in [0.2, 0.25) is 5.02 Å². The van der Waals surface area contributed by atoms with Crippen molar-refractivity contribution < 1.29 is 14.4 Å². The number of anilines is 1. The van der Waals surface area contributed by atoms with Crippen LogP contribution in [0, 0.1) is 5.92 Å². The lowest BCUT2D eigenvalue weighted by atomic mass is 9.94. The number of carbonyl (C=O) groups excluding carboxylic acids is 2. The standard InChI is InChI=1S/C21H13ClN2O3/c22-15-8-5-13(6-9-15)18-17-19(27-23-18)21(26)24(20(17)25)16-10-7-12-3-1-2-4-14(12)11-16/h1-11,17,19H/t17-,19+/m1/s1. The highest BCUT2D eigenvalue weighted by Crippen LogP contribution is 2.36. The molecule has 0 aromatic heterocycles. The summed E-state index contributed by atoms with van der Waals surface area (Å²) in [6, 6.07) is 20.3. The molecule has 2 aliphatic rings. The van der Waals surface area contributed by atoms with Crippen molar-refractivity contribution >= 4 is 45.6 Å². The first-order valence-corrected chi connectivity index (χ1v) is 8.87. The van der Waals surface area contributed by atoms with Gasteiger partial charge < -0.3 is 4.84 Å². The third-order valence-corrected chi connectivity index (χ3v) is 5.20. The van der Waals surface area contributed by atoms with Crippen molar-refractivity contribution in [3.05, 3.63) is 77.3 Å². The van der Waals surface area contributed by atoms with Crippen molar-refractivity contribution in [2.45, 2.75) is 6.10 Å². The molecule has 0 saturated carbocycles. The van der Waals surface area contributed by atoms with Crippen molar-refractivity contribution in [2.75, 3.05) is 4.90 Å². The number of halogens is 1. The minimum Gasteiger partial charge on any atom is -0.381 e. The molecule has 1 saturated heterocycles. The lowest BCUT2D eigenvalue weighted by Gasteiger charge is -2.16. The lowest BCUT2D eigenvalue weighted by molar-refractivity contribution is -0.126. The SMILES string of the molecule is O=C1[C@@H]2C(c3ccc(Cl)cc3)=NO[C@@H]2C(=O)N1c1ccc2ccccc2c1. The van der Waals surface area contributed by atoms with Gasteiger partial charge >= 0.3 is 0 Å². The zero-order valence-corrected chi connectivity index (χ0v) is 14.8. The van der Waals surface area contributed by atoms with E-state index in [2.05, 4.69) is 5.16 Å². The summed E-state index contributed by atoms with van der Waals surface area (Å²) in [6.07, 6.45) is -0.922. The molecule has 0 bridgehead atoms. The highest BCUT2D eigenvalue weighted by molar-refractivity contribution is 6.33. The summed E-state index contributed by atoms with van der Waals surface area (Å²) in [5, 5.41) is 6.59. The van der Waals surface area contributed by atoms with E-state index in [1.54, 1.807) is 30.3 Å². The Hall–Kier alpha value is -3.18. The van der Waals surface area contributed by atoms with Gasteiger partial charge in [-0.25, -0.2) is 4.90 Å². The van der Waals surface area contributed by atoms with Crippen molar-refractivity contribution in [3.63, 3.8) is 0 Å². The average molecular weight is 377 g/mol. The van der Waals surface area contributed by atoms with Crippen LogP contribution in [0.4, 0.5) is 5.69 Å². The molecule has 0 aliphatic carbocycles. The van der Waals surface area contributed by atoms with Crippen molar-refractivity contribution in [3.8, 4) is 0 Å². The molecule has 0 N–H and O–H groups in total. The Labute approximate surface area is 159 Å². The molecule has 5 rings (SSSR count). The summed E-state index contributed by atoms with van der Waals surface area (Å²) < 4.78 is 0. The van der Waals surface area contributed by atoms with E-state index >= 15 is 0 Å². The van der Waals surface area contributed by atoms with Crippen LogP contribution in [0.1, 0.15) is 5.56 Å². The van der Waals surface area contributed by atoms with E-state index in [0.717, 1.165) is 10.8 Å². The maximum atomic E-state index is 13.1. The monoisotopic (exact) mass is 376 g/mol. The highest BCUT2D eigenvalue weighted by Gasteiger charge is 2.56. The van der Waals surface area contributed by atoms with Gasteiger partial charge in [-0.05, 0) is 35.0 Å². The van der Waals surface area contributed by atoms with Crippen LogP contribution in [0.3, 0.4) is 0 Å². The van der Waals surface area contributed by atoms with Crippen LogP contribution in [0.25, 0.3) is 10.8 Å². The Morgan fingerprint density at radius 3 is 2.41 bits per heavy atom. The summed E-state index contributed by atoms with van der Waals surface area (Å²) in [5.74, 6) is -1.47. The Balaban J connectivity index is 1.53. The molecule has 132 valence electrons. The van der Waals surface area contributed by atoms with Gasteiger partial charge in [-0.15, -0.1) is 0 Å². The summed E-state index contributed by atoms with van der Waals surface area (Å²) in [7, 11) is 0. The fraction of sp³-hybridized carbons (Fsp3) is 0.0952. The van der Waals surface area contributed by atoms with Crippen LogP contribution in [0.5, 0.6) is 0 Å². The molecule has 0 radical (unpaired) electrons. The molecule has 2 amide bonds. The molecule has 2 aliphatic heterocycles. The third-order valence-electron chi connectivity index (χ3n) is 4.94. The van der Waals surface area contributed by atoms with E-state index in [1.807, 2.05) is 36.4 Å². The number of fused-ring (bicyclic) bond motifs is 2. The van der Waals surface area contributed by atoms with E-state index in [1.165, 1.54) is 4.90 Å². The Morgan fingerprint density at radius 2 is 1.63 bits per heavy atom. The molecule has 1 fully saturated rings. The van der Waals surface area contributed by atoms with Gasteiger partial charge in [0.25, 0.3) is 5.91 Å². The predicted octanol–water partition coefficient (Wildman–Crippen LogP) is 3.79. The van der Waals surface area contributed by atoms with Crippen molar-refractivity contribution in [1.82, 2.24) is 0 Å². The second kappa shape index (κ2) is 5.93. The smallest absolute Gasteiger partial charge is 0.278 e. The Kier molecular flexibility index (Phi) is 3.52. The van der Waals surface area contributed by atoms with Crippen molar-refractivity contribution in [1.29, 1.82) is 0 Å². The Bertz CT molecular complexity index is 1120. The first-order valence-electron chi connectivity index (χ1n) is 8.50. The second-order valence-corrected chi connectivity index (χ2v) is 6.97. The number of imide groups is 1. The number of oxime groups is 1. The first-order chi connectivity index (χ1) is 13.1. The van der Waals surface area contributed by atoms with E-state index < -0.39 is 17.9 Å². The average Bonchev–Trinajstić information content (AvgIpc) is 3.23. The molecular formula is C21H13ClN2O3. The van der Waals surface area contributed by atoms with Gasteiger partial charge in [-0.2, -0.15) is 0 Å². The summed E-state index contributed by atoms with van der Waals surface area (Å²) in [5.41, 5.74) is 1.71. The van der Waals surface area contributed by atoms with E-state index in [-0.39, 0.29) is 5.91 Å². The van der Waals surface area contributed by atoms with Gasteiger partial charge in [0.15, 0.2) is 0 Å². The van der Waals surface area contributed by atoms with E-state index in [9.17, 15) is 9.59 Å². The number of rotatable bonds is 2. The Morgan fingerprint density at radius 1 is 0.889 bits per heavy atom. The molecule has 3 aromatic carbocycles. The van der Waals surface area contributed by atoms with Gasteiger partial charge in [-0.3, -0.25) is 9.59 Å². The highest BCUT2D eigenvalue weighted by atomic mass is 35.5. The molecule has 0 unspecified atom stereocenters. The third kappa shape index (κ3) is 2.43. The van der Waals surface area contributed by atoms with Crippen LogP contribution in [0.15, 0.2) is 71.9 Å². The zero-order chi connectivity index (χ0) is 18.5. The van der Waals surface area contributed by atoms with Crippen LogP contribution in [-0.4, -0.2) is 23.6 Å². The van der Waals surface area contributed by atoms with Gasteiger partial charge in [0.1, 0.15) is 11.6 Å². The maximum Gasteiger partial charge on any atom is 0.278 e. The molecule has 5 nitrogen and oxygen atoms in total. The van der Waals surface area contributed by atoms with Crippen LogP contribution >= 0.6 is 11.6 Å². The second-order valence-electron chi connectivity index (χ2n) is 6.53. The quantitative estimate of drug-likeness (QED) is 0.639. The van der Waals surface area contributed by atoms with Crippen LogP contribution < -0.4 is 4.90 Å². The zero-order valence-electron chi connectivity index (χ0n) is 14.0. The summed E-state index contributed by atoms with van der Waals surface area (Å²) in [4.78, 5) is 32.5. The molecule has 6 heteroatoms. The fourth-order valence-electron chi connectivity index (χ4n) is 3.61. The molecule has 27 heavy (non-hydrogen) atoms.